The van der Waals surface area contributed by atoms with E-state index in [0.717, 1.165) is 53.7 Å². The Morgan fingerprint density at radius 2 is 1.93 bits per heavy atom. The van der Waals surface area contributed by atoms with E-state index < -0.39 is 0 Å². The number of rotatable bonds is 5. The van der Waals surface area contributed by atoms with Crippen molar-refractivity contribution in [2.24, 2.45) is 0 Å². The molecule has 1 aliphatic rings. The van der Waals surface area contributed by atoms with Gasteiger partial charge in [-0.05, 0) is 55.8 Å². The zero-order valence-electron chi connectivity index (χ0n) is 16.5. The molecule has 1 aromatic carbocycles. The van der Waals surface area contributed by atoms with Gasteiger partial charge in [-0.25, -0.2) is 0 Å². The third-order valence-electron chi connectivity index (χ3n) is 5.57. The smallest absolute Gasteiger partial charge is 0.140 e. The number of pyridine rings is 1. The van der Waals surface area contributed by atoms with Crippen molar-refractivity contribution in [3.05, 3.63) is 72.3 Å². The summed E-state index contributed by atoms with van der Waals surface area (Å²) < 4.78 is 3.84. The summed E-state index contributed by atoms with van der Waals surface area (Å²) >= 11 is 0. The van der Waals surface area contributed by atoms with Crippen LogP contribution in [0.5, 0.6) is 0 Å². The average molecular weight is 398 g/mol. The molecule has 3 aromatic heterocycles. The van der Waals surface area contributed by atoms with Crippen LogP contribution in [0, 0.1) is 11.3 Å². The lowest BCUT2D eigenvalue weighted by Gasteiger charge is -2.22. The first-order chi connectivity index (χ1) is 14.8. The molecule has 0 radical (unpaired) electrons. The SMILES string of the molecule is N#Cc1ccc(COn2ccc3ncc(-c4cnn(C5CCNCC5)c4)cc32)cc1. The van der Waals surface area contributed by atoms with Gasteiger partial charge in [-0.1, -0.05) is 12.1 Å². The zero-order chi connectivity index (χ0) is 20.3. The quantitative estimate of drug-likeness (QED) is 0.558. The number of piperidine rings is 1. The topological polar surface area (TPSA) is 80.7 Å². The summed E-state index contributed by atoms with van der Waals surface area (Å²) in [6.45, 7) is 2.49. The normalized spacial score (nSPS) is 14.6. The lowest BCUT2D eigenvalue weighted by Crippen LogP contribution is -2.29. The van der Waals surface area contributed by atoms with Crippen molar-refractivity contribution in [2.45, 2.75) is 25.5 Å². The second-order valence-electron chi connectivity index (χ2n) is 7.54. The van der Waals surface area contributed by atoms with Gasteiger partial charge in [-0.15, -0.1) is 0 Å². The van der Waals surface area contributed by atoms with E-state index >= 15 is 0 Å². The molecule has 1 fully saturated rings. The van der Waals surface area contributed by atoms with E-state index in [9.17, 15) is 0 Å². The van der Waals surface area contributed by atoms with Gasteiger partial charge in [0.2, 0.25) is 0 Å². The lowest BCUT2D eigenvalue weighted by atomic mass is 10.1. The minimum atomic E-state index is 0.410. The van der Waals surface area contributed by atoms with Crippen molar-refractivity contribution in [1.82, 2.24) is 24.8 Å². The van der Waals surface area contributed by atoms with E-state index in [1.54, 1.807) is 16.9 Å². The van der Waals surface area contributed by atoms with Gasteiger partial charge in [0.05, 0.1) is 29.4 Å². The summed E-state index contributed by atoms with van der Waals surface area (Å²) in [7, 11) is 0. The highest BCUT2D eigenvalue weighted by molar-refractivity contribution is 5.80. The minimum absolute atomic E-state index is 0.410. The molecule has 4 heterocycles. The highest BCUT2D eigenvalue weighted by atomic mass is 16.7. The number of nitrogens with zero attached hydrogens (tertiary/aromatic N) is 5. The number of hydrogen-bond donors (Lipinski definition) is 1. The molecule has 0 spiro atoms. The summed E-state index contributed by atoms with van der Waals surface area (Å²) in [6, 6.07) is 14.0. The van der Waals surface area contributed by atoms with Crippen LogP contribution in [0.1, 0.15) is 30.0 Å². The third kappa shape index (κ3) is 3.65. The number of aromatic nitrogens is 4. The van der Waals surface area contributed by atoms with Crippen molar-refractivity contribution in [3.8, 4) is 17.2 Å². The molecule has 1 N–H and O–H groups in total. The number of benzene rings is 1. The maximum absolute atomic E-state index is 8.92. The molecule has 0 amide bonds. The van der Waals surface area contributed by atoms with Crippen molar-refractivity contribution >= 4 is 11.0 Å². The van der Waals surface area contributed by atoms with Gasteiger partial charge >= 0.3 is 0 Å². The standard InChI is InChI=1S/C23H22N6O/c24-12-17-1-3-18(4-2-17)16-30-29-10-7-22-23(29)11-19(13-26-22)20-14-27-28(15-20)21-5-8-25-9-6-21/h1-4,7,10-11,13-15,21,25H,5-6,8-9,16H2. The van der Waals surface area contributed by atoms with Crippen LogP contribution in [-0.4, -0.2) is 32.6 Å². The van der Waals surface area contributed by atoms with E-state index in [1.807, 2.05) is 36.8 Å². The minimum Gasteiger partial charge on any atom is -0.409 e. The van der Waals surface area contributed by atoms with Crippen molar-refractivity contribution < 1.29 is 4.84 Å². The Labute approximate surface area is 174 Å². The molecule has 5 rings (SSSR count). The van der Waals surface area contributed by atoms with Gasteiger partial charge in [-0.2, -0.15) is 15.1 Å². The fourth-order valence-electron chi connectivity index (χ4n) is 3.84. The molecule has 30 heavy (non-hydrogen) atoms. The highest BCUT2D eigenvalue weighted by Gasteiger charge is 2.16. The summed E-state index contributed by atoms with van der Waals surface area (Å²) in [4.78, 5) is 10.6. The number of nitriles is 1. The number of fused-ring (bicyclic) bond motifs is 1. The highest BCUT2D eigenvalue weighted by Crippen LogP contribution is 2.25. The van der Waals surface area contributed by atoms with Crippen LogP contribution < -0.4 is 10.2 Å². The predicted octanol–water partition coefficient (Wildman–Crippen LogP) is 3.32. The number of hydrogen-bond acceptors (Lipinski definition) is 5. The van der Waals surface area contributed by atoms with Crippen molar-refractivity contribution in [2.75, 3.05) is 13.1 Å². The summed E-state index contributed by atoms with van der Waals surface area (Å²) in [5.41, 5.74) is 5.51. The third-order valence-corrected chi connectivity index (χ3v) is 5.57. The van der Waals surface area contributed by atoms with Gasteiger partial charge in [0.1, 0.15) is 12.1 Å². The molecular formula is C23H22N6O. The first-order valence-electron chi connectivity index (χ1n) is 10.1. The molecule has 7 heteroatoms. The Bertz CT molecular complexity index is 1190. The Morgan fingerprint density at radius 1 is 1.10 bits per heavy atom. The van der Waals surface area contributed by atoms with Gasteiger partial charge in [0.15, 0.2) is 0 Å². The average Bonchev–Trinajstić information content (AvgIpc) is 3.46. The fourth-order valence-corrected chi connectivity index (χ4v) is 3.84. The molecular weight excluding hydrogens is 376 g/mol. The van der Waals surface area contributed by atoms with E-state index in [4.69, 9.17) is 10.1 Å². The Kier molecular flexibility index (Phi) is 4.91. The first kappa shape index (κ1) is 18.4. The van der Waals surface area contributed by atoms with E-state index in [-0.39, 0.29) is 0 Å². The molecule has 0 bridgehead atoms. The van der Waals surface area contributed by atoms with Crippen LogP contribution >= 0.6 is 0 Å². The molecule has 1 saturated heterocycles. The second kappa shape index (κ2) is 8.01. The zero-order valence-corrected chi connectivity index (χ0v) is 16.5. The maximum atomic E-state index is 8.92. The van der Waals surface area contributed by atoms with Gasteiger partial charge in [0, 0.05) is 29.7 Å². The second-order valence-corrected chi connectivity index (χ2v) is 7.54. The van der Waals surface area contributed by atoms with Gasteiger partial charge < -0.3 is 10.2 Å². The predicted molar refractivity (Wildman–Crippen MR) is 114 cm³/mol. The van der Waals surface area contributed by atoms with Crippen LogP contribution in [0.25, 0.3) is 22.2 Å². The molecule has 0 aliphatic carbocycles. The Balaban J connectivity index is 1.36. The molecule has 150 valence electrons. The van der Waals surface area contributed by atoms with Gasteiger partial charge in [0.25, 0.3) is 0 Å². The molecule has 7 nitrogen and oxygen atoms in total. The van der Waals surface area contributed by atoms with Crippen LogP contribution in [-0.2, 0) is 6.61 Å². The van der Waals surface area contributed by atoms with E-state index in [1.165, 1.54) is 0 Å². The summed E-state index contributed by atoms with van der Waals surface area (Å²) in [5, 5.41) is 16.9. The molecule has 0 saturated carbocycles. The van der Waals surface area contributed by atoms with Crippen molar-refractivity contribution in [3.63, 3.8) is 0 Å². The first-order valence-corrected chi connectivity index (χ1v) is 10.1. The number of nitrogens with one attached hydrogen (secondary N) is 1. The maximum Gasteiger partial charge on any atom is 0.140 e. The molecule has 0 atom stereocenters. The largest absolute Gasteiger partial charge is 0.409 e. The summed E-state index contributed by atoms with van der Waals surface area (Å²) in [6.07, 6.45) is 10.00. The molecule has 4 aromatic rings. The van der Waals surface area contributed by atoms with Crippen LogP contribution in [0.2, 0.25) is 0 Å². The van der Waals surface area contributed by atoms with Crippen LogP contribution in [0.3, 0.4) is 0 Å². The lowest BCUT2D eigenvalue weighted by molar-refractivity contribution is 0.107. The van der Waals surface area contributed by atoms with E-state index in [0.29, 0.717) is 18.2 Å². The van der Waals surface area contributed by atoms with Crippen LogP contribution in [0.4, 0.5) is 0 Å². The Morgan fingerprint density at radius 3 is 2.73 bits per heavy atom. The van der Waals surface area contributed by atoms with Gasteiger partial charge in [-0.3, -0.25) is 9.67 Å². The molecule has 1 aliphatic heterocycles. The van der Waals surface area contributed by atoms with E-state index in [2.05, 4.69) is 38.4 Å². The molecule has 0 unspecified atom stereocenters. The fraction of sp³-hybridized carbons (Fsp3) is 0.261. The van der Waals surface area contributed by atoms with Crippen LogP contribution in [0.15, 0.2) is 61.2 Å². The Hall–Kier alpha value is -3.63. The summed E-state index contributed by atoms with van der Waals surface area (Å²) in [5.74, 6) is 0. The monoisotopic (exact) mass is 398 g/mol. The van der Waals surface area contributed by atoms with Crippen molar-refractivity contribution in [1.29, 1.82) is 5.26 Å².